The second-order valence-corrected chi connectivity index (χ2v) is 5.71. The van der Waals surface area contributed by atoms with E-state index < -0.39 is 17.7 Å². The van der Waals surface area contributed by atoms with Crippen molar-refractivity contribution in [2.75, 3.05) is 0 Å². The largest absolute Gasteiger partial charge is 0.421 e. The van der Waals surface area contributed by atoms with Gasteiger partial charge in [0, 0.05) is 25.8 Å². The van der Waals surface area contributed by atoms with E-state index in [-0.39, 0.29) is 5.57 Å². The van der Waals surface area contributed by atoms with E-state index in [4.69, 9.17) is 13.9 Å². The molecule has 0 aliphatic carbocycles. The zero-order valence-corrected chi connectivity index (χ0v) is 13.5. The second-order valence-electron chi connectivity index (χ2n) is 5.71. The van der Waals surface area contributed by atoms with Crippen LogP contribution in [0.1, 0.15) is 32.2 Å². The van der Waals surface area contributed by atoms with E-state index in [9.17, 15) is 9.59 Å². The number of esters is 2. The average Bonchev–Trinajstić information content (AvgIpc) is 3.00. The normalized spacial score (nSPS) is 16.5. The topological polar surface area (TPSA) is 91.5 Å². The van der Waals surface area contributed by atoms with Crippen LogP contribution < -0.4 is 0 Å². The maximum Gasteiger partial charge on any atom is 0.348 e. The number of aromatic nitrogens is 2. The minimum Gasteiger partial charge on any atom is -0.421 e. The molecule has 1 aliphatic rings. The van der Waals surface area contributed by atoms with Crippen molar-refractivity contribution in [1.29, 1.82) is 0 Å². The summed E-state index contributed by atoms with van der Waals surface area (Å²) < 4.78 is 15.6. The number of benzene rings is 1. The van der Waals surface area contributed by atoms with Gasteiger partial charge in [0.05, 0.1) is 0 Å². The van der Waals surface area contributed by atoms with Crippen LogP contribution in [-0.4, -0.2) is 27.9 Å². The van der Waals surface area contributed by atoms with Crippen LogP contribution in [-0.2, 0) is 25.5 Å². The first-order valence-electron chi connectivity index (χ1n) is 7.49. The summed E-state index contributed by atoms with van der Waals surface area (Å²) >= 11 is 0. The van der Waals surface area contributed by atoms with Gasteiger partial charge in [-0.05, 0) is 23.8 Å². The molecule has 0 bridgehead atoms. The van der Waals surface area contributed by atoms with Crippen molar-refractivity contribution in [2.45, 2.75) is 33.0 Å². The van der Waals surface area contributed by atoms with Crippen LogP contribution in [0.15, 0.2) is 34.3 Å². The zero-order chi connectivity index (χ0) is 17.3. The number of nitrogens with zero attached hydrogens (tertiary/aromatic N) is 2. The molecule has 3 rings (SSSR count). The standard InChI is InChI=1S/C17H16N2O5/c1-4-13-18-19-14(22-13)11-7-5-10(6-8-11)9-12-15(20)23-17(2,3)24-16(12)21/h5-9H,4H2,1-3H3. The van der Waals surface area contributed by atoms with Crippen molar-refractivity contribution >= 4 is 18.0 Å². The van der Waals surface area contributed by atoms with E-state index in [1.54, 1.807) is 24.3 Å². The lowest BCUT2D eigenvalue weighted by molar-refractivity contribution is -0.222. The smallest absolute Gasteiger partial charge is 0.348 e. The number of carbonyl (C=O) groups excluding carboxylic acids is 2. The Kier molecular flexibility index (Phi) is 3.92. The Bertz CT molecular complexity index is 796. The lowest BCUT2D eigenvalue weighted by Gasteiger charge is -2.29. The van der Waals surface area contributed by atoms with Crippen molar-refractivity contribution in [1.82, 2.24) is 10.2 Å². The highest BCUT2D eigenvalue weighted by Crippen LogP contribution is 2.25. The highest BCUT2D eigenvalue weighted by atomic mass is 16.7. The summed E-state index contributed by atoms with van der Waals surface area (Å²) in [6.45, 7) is 4.93. The van der Waals surface area contributed by atoms with E-state index >= 15 is 0 Å². The summed E-state index contributed by atoms with van der Waals surface area (Å²) in [5, 5.41) is 7.87. The van der Waals surface area contributed by atoms with Gasteiger partial charge in [-0.2, -0.15) is 0 Å². The van der Waals surface area contributed by atoms with Crippen LogP contribution in [0.2, 0.25) is 0 Å². The molecule has 1 fully saturated rings. The number of cyclic esters (lactones) is 2. The molecule has 1 aromatic heterocycles. The Morgan fingerprint density at radius 2 is 1.67 bits per heavy atom. The molecule has 0 saturated carbocycles. The lowest BCUT2D eigenvalue weighted by atomic mass is 10.1. The molecule has 7 heteroatoms. The maximum atomic E-state index is 11.9. The van der Waals surface area contributed by atoms with Crippen LogP contribution in [0.4, 0.5) is 0 Å². The fourth-order valence-corrected chi connectivity index (χ4v) is 2.18. The zero-order valence-electron chi connectivity index (χ0n) is 13.5. The Labute approximate surface area is 138 Å². The predicted molar refractivity (Wildman–Crippen MR) is 83.4 cm³/mol. The summed E-state index contributed by atoms with van der Waals surface area (Å²) in [5.41, 5.74) is 1.25. The molecule has 2 heterocycles. The molecule has 0 atom stereocenters. The van der Waals surface area contributed by atoms with Crippen LogP contribution in [0.5, 0.6) is 0 Å². The fourth-order valence-electron chi connectivity index (χ4n) is 2.18. The van der Waals surface area contributed by atoms with Gasteiger partial charge in [0.25, 0.3) is 5.79 Å². The van der Waals surface area contributed by atoms with Gasteiger partial charge in [-0.1, -0.05) is 19.1 Å². The van der Waals surface area contributed by atoms with Gasteiger partial charge in [-0.3, -0.25) is 0 Å². The molecule has 0 amide bonds. The Morgan fingerprint density at radius 1 is 1.04 bits per heavy atom. The lowest BCUT2D eigenvalue weighted by Crippen LogP contribution is -2.41. The predicted octanol–water partition coefficient (Wildman–Crippen LogP) is 2.52. The Morgan fingerprint density at radius 3 is 2.21 bits per heavy atom. The summed E-state index contributed by atoms with van der Waals surface area (Å²) in [5.74, 6) is -1.67. The molecule has 0 N–H and O–H groups in total. The Balaban J connectivity index is 1.83. The van der Waals surface area contributed by atoms with Crippen LogP contribution in [0.25, 0.3) is 17.5 Å². The third kappa shape index (κ3) is 3.19. The third-order valence-electron chi connectivity index (χ3n) is 3.35. The van der Waals surface area contributed by atoms with Crippen LogP contribution in [0, 0.1) is 0 Å². The number of aryl methyl sites for hydroxylation is 1. The molecule has 1 saturated heterocycles. The molecule has 0 spiro atoms. The highest BCUT2D eigenvalue weighted by Gasteiger charge is 2.38. The van der Waals surface area contributed by atoms with Crippen molar-refractivity contribution in [3.05, 3.63) is 41.3 Å². The van der Waals surface area contributed by atoms with Gasteiger partial charge in [0.2, 0.25) is 11.8 Å². The molecule has 24 heavy (non-hydrogen) atoms. The average molecular weight is 328 g/mol. The summed E-state index contributed by atoms with van der Waals surface area (Å²) in [4.78, 5) is 23.8. The molecule has 2 aromatic rings. The number of hydrogen-bond acceptors (Lipinski definition) is 7. The van der Waals surface area contributed by atoms with E-state index in [0.717, 1.165) is 5.56 Å². The first-order chi connectivity index (χ1) is 11.4. The minimum absolute atomic E-state index is 0.145. The van der Waals surface area contributed by atoms with Gasteiger partial charge < -0.3 is 13.9 Å². The molecular formula is C17H16N2O5. The number of ether oxygens (including phenoxy) is 2. The molecule has 0 radical (unpaired) electrons. The quantitative estimate of drug-likeness (QED) is 0.485. The molecular weight excluding hydrogens is 312 g/mol. The monoisotopic (exact) mass is 328 g/mol. The molecule has 1 aliphatic heterocycles. The molecule has 0 unspecified atom stereocenters. The van der Waals surface area contributed by atoms with Crippen LogP contribution >= 0.6 is 0 Å². The maximum absolute atomic E-state index is 11.9. The summed E-state index contributed by atoms with van der Waals surface area (Å²) in [7, 11) is 0. The van der Waals surface area contributed by atoms with Crippen molar-refractivity contribution in [3.8, 4) is 11.5 Å². The molecule has 7 nitrogen and oxygen atoms in total. The van der Waals surface area contributed by atoms with Gasteiger partial charge in [-0.15, -0.1) is 10.2 Å². The van der Waals surface area contributed by atoms with Crippen molar-refractivity contribution < 1.29 is 23.5 Å². The number of hydrogen-bond donors (Lipinski definition) is 0. The summed E-state index contributed by atoms with van der Waals surface area (Å²) in [6, 6.07) is 7.00. The van der Waals surface area contributed by atoms with Crippen molar-refractivity contribution in [3.63, 3.8) is 0 Å². The van der Waals surface area contributed by atoms with E-state index in [2.05, 4.69) is 10.2 Å². The first kappa shape index (κ1) is 15.9. The highest BCUT2D eigenvalue weighted by molar-refractivity contribution is 6.18. The Hall–Kier alpha value is -2.96. The number of rotatable bonds is 3. The van der Waals surface area contributed by atoms with Gasteiger partial charge in [0.15, 0.2) is 0 Å². The molecule has 124 valence electrons. The molecule has 1 aromatic carbocycles. The fraction of sp³-hybridized carbons (Fsp3) is 0.294. The number of carbonyl (C=O) groups is 2. The van der Waals surface area contributed by atoms with E-state index in [1.165, 1.54) is 19.9 Å². The minimum atomic E-state index is -1.25. The summed E-state index contributed by atoms with van der Waals surface area (Å²) in [6.07, 6.45) is 2.09. The van der Waals surface area contributed by atoms with Gasteiger partial charge >= 0.3 is 11.9 Å². The van der Waals surface area contributed by atoms with Crippen molar-refractivity contribution in [2.24, 2.45) is 0 Å². The van der Waals surface area contributed by atoms with E-state index in [1.807, 2.05) is 6.92 Å². The van der Waals surface area contributed by atoms with Gasteiger partial charge in [-0.25, -0.2) is 9.59 Å². The first-order valence-corrected chi connectivity index (χ1v) is 7.49. The second kappa shape index (κ2) is 5.92. The van der Waals surface area contributed by atoms with E-state index in [0.29, 0.717) is 23.8 Å². The SMILES string of the molecule is CCc1nnc(-c2ccc(C=C3C(=O)OC(C)(C)OC3=O)cc2)o1. The van der Waals surface area contributed by atoms with Gasteiger partial charge in [0.1, 0.15) is 5.57 Å². The third-order valence-corrected chi connectivity index (χ3v) is 3.35. The van der Waals surface area contributed by atoms with Crippen LogP contribution in [0.3, 0.4) is 0 Å².